The Morgan fingerprint density at radius 1 is 1.00 bits per heavy atom. The molecule has 0 aromatic carbocycles. The Bertz CT molecular complexity index is 522. The minimum atomic E-state index is 0.205. The molecule has 5 unspecified atom stereocenters. The number of allylic oxidation sites excluding steroid dienone is 3. The molecule has 0 aromatic heterocycles. The zero-order chi connectivity index (χ0) is 15.4. The van der Waals surface area contributed by atoms with Gasteiger partial charge in [-0.15, -0.1) is 0 Å². The maximum Gasteiger partial charge on any atom is 0.192 e. The second-order valence-electron chi connectivity index (χ2n) is 8.69. The lowest BCUT2D eigenvalue weighted by atomic mass is 9.48. The minimum Gasteiger partial charge on any atom is -0.431 e. The van der Waals surface area contributed by atoms with Gasteiger partial charge in [0.05, 0.1) is 0 Å². The summed E-state index contributed by atoms with van der Waals surface area (Å²) >= 11 is 2.07. The van der Waals surface area contributed by atoms with Crippen molar-refractivity contribution in [2.75, 3.05) is 0 Å². The van der Waals surface area contributed by atoms with Crippen LogP contribution in [0, 0.1) is 28.6 Å². The van der Waals surface area contributed by atoms with E-state index in [-0.39, 0.29) is 5.41 Å². The zero-order valence-corrected chi connectivity index (χ0v) is 16.2. The second kappa shape index (κ2) is 5.53. The number of rotatable bonds is 1. The molecule has 0 N–H and O–H groups in total. The van der Waals surface area contributed by atoms with Crippen molar-refractivity contribution in [3.63, 3.8) is 0 Å². The molecule has 3 saturated carbocycles. The van der Waals surface area contributed by atoms with Crippen LogP contribution in [0.2, 0.25) is 0 Å². The van der Waals surface area contributed by atoms with E-state index < -0.39 is 0 Å². The van der Waals surface area contributed by atoms with E-state index in [1.54, 1.807) is 5.57 Å². The van der Waals surface area contributed by atoms with E-state index in [0.717, 1.165) is 17.8 Å². The quantitative estimate of drug-likeness (QED) is 0.442. The normalized spacial score (nSPS) is 47.5. The van der Waals surface area contributed by atoms with E-state index in [9.17, 15) is 0 Å². The van der Waals surface area contributed by atoms with Crippen LogP contribution < -0.4 is 0 Å². The van der Waals surface area contributed by atoms with Crippen LogP contribution in [0.3, 0.4) is 0 Å². The highest BCUT2D eigenvalue weighted by Gasteiger charge is 2.55. The summed E-state index contributed by atoms with van der Waals surface area (Å²) < 4.78 is 5.69. The van der Waals surface area contributed by atoms with Gasteiger partial charge in [0.15, 0.2) is 23.0 Å². The molecular formula is C20H29IO. The smallest absolute Gasteiger partial charge is 0.192 e. The van der Waals surface area contributed by atoms with Gasteiger partial charge in [-0.2, -0.15) is 0 Å². The van der Waals surface area contributed by atoms with Gasteiger partial charge in [-0.25, -0.2) is 0 Å². The lowest BCUT2D eigenvalue weighted by Crippen LogP contribution is -2.48. The molecular weight excluding hydrogens is 383 g/mol. The van der Waals surface area contributed by atoms with Crippen LogP contribution in [-0.4, -0.2) is 0 Å². The molecule has 0 spiro atoms. The standard InChI is InChI=1S/C20H29IO/c1-19-12-5-3-4-6-14(19)7-8-15-16-9-10-18(22-21)20(16,2)13-11-17(15)19/h9-10,14-15,17H,3-8,11-13H2,1-2H3. The number of hydrogen-bond donors (Lipinski definition) is 0. The first kappa shape index (κ1) is 15.5. The summed E-state index contributed by atoms with van der Waals surface area (Å²) in [4.78, 5) is 0. The third-order valence-electron chi connectivity index (χ3n) is 7.89. The maximum absolute atomic E-state index is 5.69. The van der Waals surface area contributed by atoms with Gasteiger partial charge >= 0.3 is 0 Å². The Morgan fingerprint density at radius 2 is 1.86 bits per heavy atom. The third kappa shape index (κ3) is 2.08. The number of fused-ring (bicyclic) bond motifs is 5. The van der Waals surface area contributed by atoms with Crippen molar-refractivity contribution in [1.29, 1.82) is 0 Å². The fraction of sp³-hybridized carbons (Fsp3) is 0.800. The Hall–Kier alpha value is 0.0100. The first-order valence-corrected chi connectivity index (χ1v) is 10.2. The van der Waals surface area contributed by atoms with Gasteiger partial charge < -0.3 is 3.07 Å². The number of hydrogen-bond acceptors (Lipinski definition) is 1. The second-order valence-corrected chi connectivity index (χ2v) is 9.13. The Kier molecular flexibility index (Phi) is 3.90. The first-order valence-electron chi connectivity index (χ1n) is 9.31. The number of halogens is 1. The predicted molar refractivity (Wildman–Crippen MR) is 99.5 cm³/mol. The highest BCUT2D eigenvalue weighted by atomic mass is 127. The molecule has 0 aromatic rings. The van der Waals surface area contributed by atoms with Crippen molar-refractivity contribution in [2.45, 2.75) is 71.6 Å². The van der Waals surface area contributed by atoms with Crippen molar-refractivity contribution >= 4 is 23.0 Å². The topological polar surface area (TPSA) is 9.23 Å². The van der Waals surface area contributed by atoms with Crippen LogP contribution in [0.15, 0.2) is 23.5 Å². The lowest BCUT2D eigenvalue weighted by molar-refractivity contribution is -0.0283. The van der Waals surface area contributed by atoms with Gasteiger partial charge in [0, 0.05) is 5.41 Å². The summed E-state index contributed by atoms with van der Waals surface area (Å²) in [5, 5.41) is 0. The van der Waals surface area contributed by atoms with E-state index in [2.05, 4.69) is 49.0 Å². The Labute approximate surface area is 149 Å². The monoisotopic (exact) mass is 412 g/mol. The molecule has 0 aliphatic heterocycles. The highest BCUT2D eigenvalue weighted by molar-refractivity contribution is 14.1. The van der Waals surface area contributed by atoms with E-state index in [1.165, 1.54) is 63.5 Å². The molecule has 1 nitrogen and oxygen atoms in total. The summed E-state index contributed by atoms with van der Waals surface area (Å²) in [6.45, 7) is 5.08. The highest BCUT2D eigenvalue weighted by Crippen LogP contribution is 2.64. The average Bonchev–Trinajstić information content (AvgIpc) is 2.72. The molecule has 4 aliphatic rings. The van der Waals surface area contributed by atoms with Gasteiger partial charge in [-0.3, -0.25) is 0 Å². The van der Waals surface area contributed by atoms with E-state index in [4.69, 9.17) is 3.07 Å². The Balaban J connectivity index is 1.66. The van der Waals surface area contributed by atoms with Crippen LogP contribution in [0.4, 0.5) is 0 Å². The fourth-order valence-electron chi connectivity index (χ4n) is 6.55. The summed E-state index contributed by atoms with van der Waals surface area (Å²) in [6.07, 6.45) is 17.6. The molecule has 0 saturated heterocycles. The maximum atomic E-state index is 5.69. The SMILES string of the molecule is CC12CCC3C(CCC4CCCCCC43C)C1=CC=C2OI. The van der Waals surface area contributed by atoms with E-state index >= 15 is 0 Å². The van der Waals surface area contributed by atoms with Crippen LogP contribution in [0.25, 0.3) is 0 Å². The molecule has 4 rings (SSSR count). The van der Waals surface area contributed by atoms with Gasteiger partial charge in [0.1, 0.15) is 5.76 Å². The van der Waals surface area contributed by atoms with E-state index in [1.807, 2.05) is 0 Å². The first-order chi connectivity index (χ1) is 10.6. The van der Waals surface area contributed by atoms with Gasteiger partial charge in [-0.1, -0.05) is 37.8 Å². The molecule has 2 heteroatoms. The molecule has 0 heterocycles. The van der Waals surface area contributed by atoms with Crippen LogP contribution in [0.1, 0.15) is 71.6 Å². The van der Waals surface area contributed by atoms with Crippen molar-refractivity contribution in [2.24, 2.45) is 28.6 Å². The van der Waals surface area contributed by atoms with Gasteiger partial charge in [0.2, 0.25) is 0 Å². The van der Waals surface area contributed by atoms with Crippen molar-refractivity contribution in [3.05, 3.63) is 23.5 Å². The van der Waals surface area contributed by atoms with Crippen molar-refractivity contribution in [1.82, 2.24) is 0 Å². The van der Waals surface area contributed by atoms with E-state index in [0.29, 0.717) is 5.41 Å². The summed E-state index contributed by atoms with van der Waals surface area (Å²) in [6, 6.07) is 0. The average molecular weight is 412 g/mol. The summed E-state index contributed by atoms with van der Waals surface area (Å²) in [5.41, 5.74) is 2.52. The molecule has 122 valence electrons. The Morgan fingerprint density at radius 3 is 2.68 bits per heavy atom. The third-order valence-corrected chi connectivity index (χ3v) is 8.37. The molecule has 5 atom stereocenters. The molecule has 22 heavy (non-hydrogen) atoms. The van der Waals surface area contributed by atoms with Gasteiger partial charge in [-0.05, 0) is 74.7 Å². The lowest BCUT2D eigenvalue weighted by Gasteiger charge is -2.56. The molecule has 4 aliphatic carbocycles. The summed E-state index contributed by atoms with van der Waals surface area (Å²) in [7, 11) is 0. The van der Waals surface area contributed by atoms with Crippen LogP contribution >= 0.6 is 23.0 Å². The molecule has 0 bridgehead atoms. The minimum absolute atomic E-state index is 0.205. The van der Waals surface area contributed by atoms with Crippen molar-refractivity contribution < 1.29 is 3.07 Å². The largest absolute Gasteiger partial charge is 0.431 e. The molecule has 0 amide bonds. The molecule has 3 fully saturated rings. The van der Waals surface area contributed by atoms with Crippen molar-refractivity contribution in [3.8, 4) is 0 Å². The summed E-state index contributed by atoms with van der Waals surface area (Å²) in [5.74, 6) is 3.94. The fourth-order valence-corrected chi connectivity index (χ4v) is 7.18. The van der Waals surface area contributed by atoms with Gasteiger partial charge in [0.25, 0.3) is 0 Å². The predicted octanol–water partition coefficient (Wildman–Crippen LogP) is 6.59. The molecule has 0 radical (unpaired) electrons. The zero-order valence-electron chi connectivity index (χ0n) is 14.0. The van der Waals surface area contributed by atoms with Crippen LogP contribution in [0.5, 0.6) is 0 Å². The van der Waals surface area contributed by atoms with Crippen LogP contribution in [-0.2, 0) is 3.07 Å².